The zero-order valence-electron chi connectivity index (χ0n) is 12.1. The molecule has 0 aromatic heterocycles. The molecule has 0 radical (unpaired) electrons. The molecule has 0 atom stereocenters. The zero-order valence-corrected chi connectivity index (χ0v) is 14.5. The lowest BCUT2D eigenvalue weighted by molar-refractivity contribution is 0.362. The second kappa shape index (κ2) is 9.94. The van der Waals surface area contributed by atoms with Crippen LogP contribution in [-0.2, 0) is 0 Å². The molecule has 0 aromatic rings. The van der Waals surface area contributed by atoms with E-state index in [9.17, 15) is 0 Å². The van der Waals surface area contributed by atoms with E-state index >= 15 is 0 Å². The number of nitrogens with one attached hydrogen (secondary N) is 2. The zero-order chi connectivity index (χ0) is 12.6. The first kappa shape index (κ1) is 19.3. The molecule has 0 aliphatic rings. The molecular formula is C12H29IN4. The Labute approximate surface area is 124 Å². The number of nitrogens with zero attached hydrogens (tertiary/aromatic N) is 2. The molecule has 104 valence electrons. The van der Waals surface area contributed by atoms with Crippen LogP contribution in [0.1, 0.15) is 34.6 Å². The largest absolute Gasteiger partial charge is 0.357 e. The Balaban J connectivity index is 0. The van der Waals surface area contributed by atoms with Gasteiger partial charge in [-0.15, -0.1) is 24.0 Å². The van der Waals surface area contributed by atoms with Crippen LogP contribution >= 0.6 is 24.0 Å². The molecular weight excluding hydrogens is 327 g/mol. The minimum atomic E-state index is 0. The third-order valence-electron chi connectivity index (χ3n) is 2.13. The van der Waals surface area contributed by atoms with Gasteiger partial charge in [0, 0.05) is 18.6 Å². The lowest BCUT2D eigenvalue weighted by Crippen LogP contribution is -2.47. The van der Waals surface area contributed by atoms with Crippen molar-refractivity contribution in [1.82, 2.24) is 15.5 Å². The van der Waals surface area contributed by atoms with Gasteiger partial charge in [0.2, 0.25) is 0 Å². The Bertz CT molecular complexity index is 211. The minimum absolute atomic E-state index is 0. The lowest BCUT2D eigenvalue weighted by Gasteiger charge is -2.24. The van der Waals surface area contributed by atoms with E-state index in [1.165, 1.54) is 0 Å². The smallest absolute Gasteiger partial charge is 0.191 e. The highest BCUT2D eigenvalue weighted by Gasteiger charge is 2.11. The number of halogens is 1. The van der Waals surface area contributed by atoms with Gasteiger partial charge in [-0.1, -0.05) is 6.92 Å². The summed E-state index contributed by atoms with van der Waals surface area (Å²) in [6, 6.07) is 0. The van der Waals surface area contributed by atoms with E-state index in [1.807, 2.05) is 0 Å². The quantitative estimate of drug-likeness (QED) is 0.449. The van der Waals surface area contributed by atoms with Crippen molar-refractivity contribution in [2.45, 2.75) is 40.2 Å². The van der Waals surface area contributed by atoms with Crippen molar-refractivity contribution in [1.29, 1.82) is 0 Å². The predicted molar refractivity (Wildman–Crippen MR) is 87.5 cm³/mol. The van der Waals surface area contributed by atoms with Crippen molar-refractivity contribution in [3.05, 3.63) is 0 Å². The van der Waals surface area contributed by atoms with Crippen molar-refractivity contribution in [2.24, 2.45) is 4.99 Å². The highest BCUT2D eigenvalue weighted by Crippen LogP contribution is 1.97. The lowest BCUT2D eigenvalue weighted by atomic mass is 10.1. The molecule has 0 unspecified atom stereocenters. The Morgan fingerprint density at radius 1 is 1.24 bits per heavy atom. The Morgan fingerprint density at radius 3 is 2.24 bits per heavy atom. The molecule has 0 heterocycles. The van der Waals surface area contributed by atoms with Gasteiger partial charge in [-0.05, 0) is 41.3 Å². The van der Waals surface area contributed by atoms with Gasteiger partial charge < -0.3 is 15.5 Å². The Kier molecular flexibility index (Phi) is 11.3. The summed E-state index contributed by atoms with van der Waals surface area (Å²) in [4.78, 5) is 6.79. The summed E-state index contributed by atoms with van der Waals surface area (Å²) in [6.07, 6.45) is 0. The number of guanidine groups is 1. The SMILES string of the molecule is CCNC(=NCCN(C)CC)NC(C)(C)C.I. The van der Waals surface area contributed by atoms with Crippen LogP contribution in [0, 0.1) is 0 Å². The monoisotopic (exact) mass is 356 g/mol. The van der Waals surface area contributed by atoms with E-state index in [4.69, 9.17) is 0 Å². The predicted octanol–water partition coefficient (Wildman–Crippen LogP) is 1.91. The molecule has 0 fully saturated rings. The van der Waals surface area contributed by atoms with Gasteiger partial charge in [0.25, 0.3) is 0 Å². The second-order valence-corrected chi connectivity index (χ2v) is 5.03. The van der Waals surface area contributed by atoms with E-state index in [-0.39, 0.29) is 29.5 Å². The molecule has 0 bridgehead atoms. The molecule has 4 nitrogen and oxygen atoms in total. The molecule has 17 heavy (non-hydrogen) atoms. The second-order valence-electron chi connectivity index (χ2n) is 5.03. The molecule has 0 saturated heterocycles. The van der Waals surface area contributed by atoms with Crippen LogP contribution < -0.4 is 10.6 Å². The molecule has 5 heteroatoms. The van der Waals surface area contributed by atoms with Gasteiger partial charge in [-0.3, -0.25) is 4.99 Å². The Hall–Kier alpha value is -0.0400. The average molecular weight is 356 g/mol. The molecule has 0 rings (SSSR count). The van der Waals surface area contributed by atoms with Crippen molar-refractivity contribution in [2.75, 3.05) is 33.2 Å². The standard InChI is InChI=1S/C12H28N4.HI/c1-7-13-11(15-12(3,4)5)14-9-10-16(6)8-2;/h7-10H2,1-6H3,(H2,13,14,15);1H. The normalized spacial score (nSPS) is 12.3. The summed E-state index contributed by atoms with van der Waals surface area (Å²) >= 11 is 0. The van der Waals surface area contributed by atoms with Crippen molar-refractivity contribution in [3.63, 3.8) is 0 Å². The van der Waals surface area contributed by atoms with Gasteiger partial charge in [0.05, 0.1) is 6.54 Å². The van der Waals surface area contributed by atoms with E-state index in [2.05, 4.69) is 62.2 Å². The number of rotatable bonds is 5. The van der Waals surface area contributed by atoms with Gasteiger partial charge in [0.1, 0.15) is 0 Å². The fourth-order valence-corrected chi connectivity index (χ4v) is 1.15. The van der Waals surface area contributed by atoms with Crippen molar-refractivity contribution < 1.29 is 0 Å². The van der Waals surface area contributed by atoms with Crippen LogP contribution in [0.15, 0.2) is 4.99 Å². The number of hydrogen-bond donors (Lipinski definition) is 2. The van der Waals surface area contributed by atoms with Gasteiger partial charge in [-0.2, -0.15) is 0 Å². The number of likely N-dealkylation sites (N-methyl/N-ethyl adjacent to an activating group) is 1. The number of hydrogen-bond acceptors (Lipinski definition) is 2. The van der Waals surface area contributed by atoms with E-state index in [1.54, 1.807) is 0 Å². The van der Waals surface area contributed by atoms with E-state index in [0.29, 0.717) is 0 Å². The first-order valence-electron chi connectivity index (χ1n) is 6.14. The minimum Gasteiger partial charge on any atom is -0.357 e. The fraction of sp³-hybridized carbons (Fsp3) is 0.917. The molecule has 0 amide bonds. The van der Waals surface area contributed by atoms with Crippen molar-refractivity contribution >= 4 is 29.9 Å². The van der Waals surface area contributed by atoms with Crippen molar-refractivity contribution in [3.8, 4) is 0 Å². The van der Waals surface area contributed by atoms with E-state index in [0.717, 1.165) is 32.1 Å². The average Bonchev–Trinajstić information content (AvgIpc) is 2.15. The molecule has 0 aliphatic heterocycles. The first-order chi connectivity index (χ1) is 7.39. The molecule has 2 N–H and O–H groups in total. The summed E-state index contributed by atoms with van der Waals surface area (Å²) in [5.41, 5.74) is 0.0532. The van der Waals surface area contributed by atoms with Crippen LogP contribution in [0.5, 0.6) is 0 Å². The highest BCUT2D eigenvalue weighted by atomic mass is 127. The van der Waals surface area contributed by atoms with Crippen LogP contribution in [0.2, 0.25) is 0 Å². The van der Waals surface area contributed by atoms with Crippen LogP contribution in [-0.4, -0.2) is 49.6 Å². The molecule has 0 saturated carbocycles. The highest BCUT2D eigenvalue weighted by molar-refractivity contribution is 14.0. The van der Waals surface area contributed by atoms with Gasteiger partial charge in [-0.25, -0.2) is 0 Å². The maximum Gasteiger partial charge on any atom is 0.191 e. The summed E-state index contributed by atoms with van der Waals surface area (Å²) in [7, 11) is 2.11. The molecule has 0 aromatic carbocycles. The number of aliphatic imine (C=N–C) groups is 1. The van der Waals surface area contributed by atoms with E-state index < -0.39 is 0 Å². The third-order valence-corrected chi connectivity index (χ3v) is 2.13. The summed E-state index contributed by atoms with van der Waals surface area (Å²) in [6.45, 7) is 14.4. The third kappa shape index (κ3) is 12.2. The molecule has 0 spiro atoms. The van der Waals surface area contributed by atoms with Crippen LogP contribution in [0.3, 0.4) is 0 Å². The van der Waals surface area contributed by atoms with Crippen LogP contribution in [0.4, 0.5) is 0 Å². The van der Waals surface area contributed by atoms with Gasteiger partial charge in [0.15, 0.2) is 5.96 Å². The topological polar surface area (TPSA) is 39.7 Å². The first-order valence-corrected chi connectivity index (χ1v) is 6.14. The maximum atomic E-state index is 4.54. The maximum absolute atomic E-state index is 4.54. The van der Waals surface area contributed by atoms with Crippen LogP contribution in [0.25, 0.3) is 0 Å². The Morgan fingerprint density at radius 2 is 1.82 bits per heavy atom. The summed E-state index contributed by atoms with van der Waals surface area (Å²) in [5, 5.41) is 6.62. The summed E-state index contributed by atoms with van der Waals surface area (Å²) < 4.78 is 0. The molecule has 0 aliphatic carbocycles. The fourth-order valence-electron chi connectivity index (χ4n) is 1.15. The van der Waals surface area contributed by atoms with Gasteiger partial charge >= 0.3 is 0 Å². The summed E-state index contributed by atoms with van der Waals surface area (Å²) in [5.74, 6) is 0.902.